The van der Waals surface area contributed by atoms with Crippen LogP contribution in [0.25, 0.3) is 0 Å². The summed E-state index contributed by atoms with van der Waals surface area (Å²) < 4.78 is 32.2. The molecule has 1 saturated heterocycles. The fourth-order valence-electron chi connectivity index (χ4n) is 2.76. The minimum Gasteiger partial charge on any atom is -0.444 e. The molecular weight excluding hydrogens is 340 g/mol. The van der Waals surface area contributed by atoms with E-state index in [1.165, 1.54) is 4.31 Å². The van der Waals surface area contributed by atoms with Crippen molar-refractivity contribution in [1.82, 2.24) is 9.62 Å². The number of ether oxygens (including phenoxy) is 1. The third-order valence-corrected chi connectivity index (χ3v) is 6.06. The molecule has 1 heterocycles. The Balaban J connectivity index is 1.93. The van der Waals surface area contributed by atoms with Crippen LogP contribution in [0.4, 0.5) is 4.79 Å². The van der Waals surface area contributed by atoms with Gasteiger partial charge in [-0.3, -0.25) is 0 Å². The topological polar surface area (TPSA) is 75.7 Å². The van der Waals surface area contributed by atoms with Gasteiger partial charge in [-0.1, -0.05) is 19.1 Å². The van der Waals surface area contributed by atoms with Crippen molar-refractivity contribution in [3.8, 4) is 0 Å². The summed E-state index contributed by atoms with van der Waals surface area (Å²) in [7, 11) is -3.48. The van der Waals surface area contributed by atoms with E-state index in [0.717, 1.165) is 12.0 Å². The van der Waals surface area contributed by atoms with Gasteiger partial charge in [0.15, 0.2) is 0 Å². The Morgan fingerprint density at radius 3 is 2.24 bits per heavy atom. The van der Waals surface area contributed by atoms with Gasteiger partial charge in [0.1, 0.15) is 5.60 Å². The zero-order valence-electron chi connectivity index (χ0n) is 15.4. The van der Waals surface area contributed by atoms with Gasteiger partial charge in [0.05, 0.1) is 4.90 Å². The summed E-state index contributed by atoms with van der Waals surface area (Å²) in [5.41, 5.74) is 0.568. The molecule has 1 aliphatic rings. The monoisotopic (exact) mass is 368 g/mol. The molecule has 1 aliphatic heterocycles. The predicted octanol–water partition coefficient (Wildman–Crippen LogP) is 2.93. The molecule has 2 rings (SSSR count). The fraction of sp³-hybridized carbons (Fsp3) is 0.611. The summed E-state index contributed by atoms with van der Waals surface area (Å²) in [6, 6.07) is 6.97. The molecule has 140 valence electrons. The highest BCUT2D eigenvalue weighted by Crippen LogP contribution is 2.21. The molecule has 0 bridgehead atoms. The molecule has 1 fully saturated rings. The zero-order chi connectivity index (χ0) is 18.7. The maximum absolute atomic E-state index is 12.7. The van der Waals surface area contributed by atoms with E-state index < -0.39 is 21.7 Å². The number of hydrogen-bond donors (Lipinski definition) is 1. The molecule has 25 heavy (non-hydrogen) atoms. The summed E-state index contributed by atoms with van der Waals surface area (Å²) >= 11 is 0. The van der Waals surface area contributed by atoms with Crippen LogP contribution in [0, 0.1) is 0 Å². The largest absolute Gasteiger partial charge is 0.444 e. The number of carbonyl (C=O) groups is 1. The maximum atomic E-state index is 12.7. The number of carbonyl (C=O) groups excluding carboxylic acids is 1. The smallest absolute Gasteiger partial charge is 0.407 e. The van der Waals surface area contributed by atoms with E-state index in [1.54, 1.807) is 12.1 Å². The van der Waals surface area contributed by atoms with Crippen molar-refractivity contribution in [2.45, 2.75) is 63.5 Å². The molecule has 0 saturated carbocycles. The Hall–Kier alpha value is -1.60. The molecule has 0 aromatic heterocycles. The van der Waals surface area contributed by atoms with Crippen LogP contribution in [0.3, 0.4) is 0 Å². The summed E-state index contributed by atoms with van der Waals surface area (Å²) in [5.74, 6) is 0. The second-order valence-corrected chi connectivity index (χ2v) is 9.26. The molecule has 1 aromatic rings. The van der Waals surface area contributed by atoms with Crippen LogP contribution >= 0.6 is 0 Å². The number of amides is 1. The van der Waals surface area contributed by atoms with Crippen LogP contribution in [-0.2, 0) is 21.2 Å². The van der Waals surface area contributed by atoms with Crippen LogP contribution in [0.1, 0.15) is 46.1 Å². The molecule has 7 heteroatoms. The van der Waals surface area contributed by atoms with E-state index in [1.807, 2.05) is 39.8 Å². The maximum Gasteiger partial charge on any atom is 0.407 e. The average molecular weight is 368 g/mol. The standard InChI is InChI=1S/C18H28N2O4S/c1-5-14-6-8-16(9-7-14)25(22,23)20-12-10-15(11-13-20)19-17(21)24-18(2,3)4/h6-9,15H,5,10-13H2,1-4H3,(H,19,21). The average Bonchev–Trinajstić information content (AvgIpc) is 2.53. The lowest BCUT2D eigenvalue weighted by Crippen LogP contribution is -2.47. The van der Waals surface area contributed by atoms with Crippen molar-refractivity contribution >= 4 is 16.1 Å². The Kier molecular flexibility index (Phi) is 6.11. The first-order chi connectivity index (χ1) is 11.6. The molecule has 1 aromatic carbocycles. The van der Waals surface area contributed by atoms with E-state index >= 15 is 0 Å². The molecular formula is C18H28N2O4S. The number of alkyl carbamates (subject to hydrolysis) is 1. The molecule has 0 atom stereocenters. The Morgan fingerprint density at radius 1 is 1.20 bits per heavy atom. The van der Waals surface area contributed by atoms with Crippen molar-refractivity contribution in [1.29, 1.82) is 0 Å². The van der Waals surface area contributed by atoms with Gasteiger partial charge in [0.2, 0.25) is 10.0 Å². The first-order valence-electron chi connectivity index (χ1n) is 8.70. The first kappa shape index (κ1) is 19.7. The van der Waals surface area contributed by atoms with Gasteiger partial charge >= 0.3 is 6.09 Å². The highest BCUT2D eigenvalue weighted by Gasteiger charge is 2.30. The Morgan fingerprint density at radius 2 is 1.76 bits per heavy atom. The van der Waals surface area contributed by atoms with E-state index in [2.05, 4.69) is 5.32 Å². The van der Waals surface area contributed by atoms with Crippen LogP contribution in [0.2, 0.25) is 0 Å². The Labute approximate surface area is 150 Å². The van der Waals surface area contributed by atoms with Crippen LogP contribution in [0.5, 0.6) is 0 Å². The highest BCUT2D eigenvalue weighted by molar-refractivity contribution is 7.89. The lowest BCUT2D eigenvalue weighted by molar-refractivity contribution is 0.0489. The number of nitrogens with one attached hydrogen (secondary N) is 1. The number of sulfonamides is 1. The number of hydrogen-bond acceptors (Lipinski definition) is 4. The zero-order valence-corrected chi connectivity index (χ0v) is 16.2. The fourth-order valence-corrected chi connectivity index (χ4v) is 4.23. The van der Waals surface area contributed by atoms with Gasteiger partial charge in [-0.15, -0.1) is 0 Å². The lowest BCUT2D eigenvalue weighted by Gasteiger charge is -2.32. The molecule has 0 unspecified atom stereocenters. The molecule has 0 aliphatic carbocycles. The van der Waals surface area contributed by atoms with Crippen LogP contribution in [-0.4, -0.2) is 43.5 Å². The van der Waals surface area contributed by atoms with Crippen molar-refractivity contribution < 1.29 is 17.9 Å². The first-order valence-corrected chi connectivity index (χ1v) is 10.1. The summed E-state index contributed by atoms with van der Waals surface area (Å²) in [4.78, 5) is 12.1. The second kappa shape index (κ2) is 7.74. The van der Waals surface area contributed by atoms with E-state index in [9.17, 15) is 13.2 Å². The van der Waals surface area contributed by atoms with Crippen LogP contribution < -0.4 is 5.32 Å². The second-order valence-electron chi connectivity index (χ2n) is 7.32. The van der Waals surface area contributed by atoms with Gasteiger partial charge < -0.3 is 10.1 Å². The lowest BCUT2D eigenvalue weighted by atomic mass is 10.1. The minimum atomic E-state index is -3.48. The summed E-state index contributed by atoms with van der Waals surface area (Å²) in [6.07, 6.45) is 1.57. The van der Waals surface area contributed by atoms with Gasteiger partial charge in [0.25, 0.3) is 0 Å². The molecule has 0 spiro atoms. The van der Waals surface area contributed by atoms with Crippen molar-refractivity contribution in [3.05, 3.63) is 29.8 Å². The minimum absolute atomic E-state index is 0.0660. The molecule has 1 amide bonds. The number of aryl methyl sites for hydroxylation is 1. The third-order valence-electron chi connectivity index (χ3n) is 4.14. The molecule has 1 N–H and O–H groups in total. The summed E-state index contributed by atoms with van der Waals surface area (Å²) in [5, 5.41) is 2.82. The van der Waals surface area contributed by atoms with Crippen molar-refractivity contribution in [2.75, 3.05) is 13.1 Å². The van der Waals surface area contributed by atoms with Crippen molar-refractivity contribution in [3.63, 3.8) is 0 Å². The predicted molar refractivity (Wildman–Crippen MR) is 97.0 cm³/mol. The Bertz CT molecular complexity index is 685. The van der Waals surface area contributed by atoms with E-state index in [-0.39, 0.29) is 6.04 Å². The van der Waals surface area contributed by atoms with Gasteiger partial charge in [-0.05, 0) is 57.7 Å². The number of benzene rings is 1. The number of nitrogens with zero attached hydrogens (tertiary/aromatic N) is 1. The van der Waals surface area contributed by atoms with E-state index in [4.69, 9.17) is 4.74 Å². The van der Waals surface area contributed by atoms with E-state index in [0.29, 0.717) is 30.8 Å². The highest BCUT2D eigenvalue weighted by atomic mass is 32.2. The number of piperidine rings is 1. The third kappa shape index (κ3) is 5.44. The van der Waals surface area contributed by atoms with Gasteiger partial charge in [0, 0.05) is 19.1 Å². The number of rotatable bonds is 4. The van der Waals surface area contributed by atoms with Crippen molar-refractivity contribution in [2.24, 2.45) is 0 Å². The SMILES string of the molecule is CCc1ccc(S(=O)(=O)N2CCC(NC(=O)OC(C)(C)C)CC2)cc1. The van der Waals surface area contributed by atoms with Gasteiger partial charge in [-0.25, -0.2) is 13.2 Å². The molecule has 6 nitrogen and oxygen atoms in total. The van der Waals surface area contributed by atoms with Crippen LogP contribution in [0.15, 0.2) is 29.2 Å². The van der Waals surface area contributed by atoms with Gasteiger partial charge in [-0.2, -0.15) is 4.31 Å². The normalized spacial score (nSPS) is 17.3. The quantitative estimate of drug-likeness (QED) is 0.887. The summed E-state index contributed by atoms with van der Waals surface area (Å²) in [6.45, 7) is 8.24. The molecule has 0 radical (unpaired) electrons.